The maximum Gasteiger partial charge on any atom is 0.319 e. The molecule has 0 saturated heterocycles. The van der Waals surface area contributed by atoms with E-state index in [1.54, 1.807) is 18.2 Å². The molecule has 4 N–H and O–H groups in total. The minimum absolute atomic E-state index is 0.0404. The number of urea groups is 1. The van der Waals surface area contributed by atoms with Gasteiger partial charge in [0.05, 0.1) is 22.1 Å². The summed E-state index contributed by atoms with van der Waals surface area (Å²) in [6.45, 7) is 0. The summed E-state index contributed by atoms with van der Waals surface area (Å²) in [5.41, 5.74) is 1.77. The first kappa shape index (κ1) is 20.2. The Balaban J connectivity index is 1.99. The molecule has 7 nitrogen and oxygen atoms in total. The van der Waals surface area contributed by atoms with Gasteiger partial charge in [0, 0.05) is 43.0 Å². The Morgan fingerprint density at radius 2 is 1.90 bits per heavy atom. The normalized spacial score (nSPS) is 10.3. The fourth-order valence-corrected chi connectivity index (χ4v) is 2.69. The molecule has 0 aliphatic carbocycles. The van der Waals surface area contributed by atoms with Crippen molar-refractivity contribution < 1.29 is 13.6 Å². The first-order valence-corrected chi connectivity index (χ1v) is 8.67. The average Bonchev–Trinajstić information content (AvgIpc) is 2.72. The van der Waals surface area contributed by atoms with Crippen molar-refractivity contribution in [3.05, 3.63) is 65.1 Å². The maximum absolute atomic E-state index is 14.2. The number of carbonyl (C=O) groups is 1. The van der Waals surface area contributed by atoms with Crippen molar-refractivity contribution in [2.45, 2.75) is 0 Å². The first-order chi connectivity index (χ1) is 13.9. The Labute approximate surface area is 169 Å². The van der Waals surface area contributed by atoms with E-state index >= 15 is 0 Å². The number of nitrogens with one attached hydrogen (secondary N) is 4. The standard InChI is InChI=1S/C19H15ClF2N6O/c1-24-19(29)28-18-15(3-5-26-17(18)9-23)27-10-2-4-25-16(6-10)11-7-12(20)14(22)8-13(11)21/h2-9,23H,1H3,(H2,24,28,29)(H,25,26,27). The molecule has 148 valence electrons. The summed E-state index contributed by atoms with van der Waals surface area (Å²) in [7, 11) is 1.46. The van der Waals surface area contributed by atoms with Crippen LogP contribution in [-0.2, 0) is 0 Å². The van der Waals surface area contributed by atoms with Crippen LogP contribution in [-0.4, -0.2) is 29.3 Å². The zero-order valence-corrected chi connectivity index (χ0v) is 15.8. The van der Waals surface area contributed by atoms with Crippen LogP contribution in [0.2, 0.25) is 5.02 Å². The molecule has 3 aromatic rings. The molecule has 2 aromatic heterocycles. The van der Waals surface area contributed by atoms with E-state index in [4.69, 9.17) is 17.0 Å². The summed E-state index contributed by atoms with van der Waals surface area (Å²) in [4.78, 5) is 19.9. The molecule has 0 atom stereocenters. The zero-order chi connectivity index (χ0) is 21.0. The molecule has 0 aliphatic heterocycles. The highest BCUT2D eigenvalue weighted by Gasteiger charge is 2.14. The number of nitrogens with zero attached hydrogens (tertiary/aromatic N) is 2. The van der Waals surface area contributed by atoms with E-state index in [9.17, 15) is 13.6 Å². The van der Waals surface area contributed by atoms with Crippen molar-refractivity contribution in [2.75, 3.05) is 17.7 Å². The Hall–Kier alpha value is -3.59. The molecule has 1 aromatic carbocycles. The van der Waals surface area contributed by atoms with Crippen molar-refractivity contribution in [1.82, 2.24) is 15.3 Å². The molecule has 29 heavy (non-hydrogen) atoms. The Morgan fingerprint density at radius 3 is 2.62 bits per heavy atom. The molecule has 0 aliphatic rings. The van der Waals surface area contributed by atoms with Crippen molar-refractivity contribution in [1.29, 1.82) is 5.41 Å². The van der Waals surface area contributed by atoms with Gasteiger partial charge in [-0.25, -0.2) is 13.6 Å². The van der Waals surface area contributed by atoms with Gasteiger partial charge < -0.3 is 21.4 Å². The van der Waals surface area contributed by atoms with E-state index in [1.807, 2.05) is 0 Å². The zero-order valence-electron chi connectivity index (χ0n) is 15.1. The number of hydrogen-bond donors (Lipinski definition) is 4. The van der Waals surface area contributed by atoms with Crippen LogP contribution in [0.3, 0.4) is 0 Å². The highest BCUT2D eigenvalue weighted by Crippen LogP contribution is 2.31. The van der Waals surface area contributed by atoms with Crippen molar-refractivity contribution in [2.24, 2.45) is 0 Å². The summed E-state index contributed by atoms with van der Waals surface area (Å²) >= 11 is 5.76. The van der Waals surface area contributed by atoms with Gasteiger partial charge in [-0.1, -0.05) is 11.6 Å². The van der Waals surface area contributed by atoms with Gasteiger partial charge in [-0.05, 0) is 24.3 Å². The molecule has 0 fully saturated rings. The van der Waals surface area contributed by atoms with E-state index < -0.39 is 17.7 Å². The lowest BCUT2D eigenvalue weighted by molar-refractivity contribution is 0.254. The van der Waals surface area contributed by atoms with Crippen molar-refractivity contribution >= 4 is 40.9 Å². The molecular weight excluding hydrogens is 402 g/mol. The van der Waals surface area contributed by atoms with Crippen LogP contribution in [0.1, 0.15) is 5.69 Å². The lowest BCUT2D eigenvalue weighted by Crippen LogP contribution is -2.25. The Kier molecular flexibility index (Phi) is 5.99. The molecule has 0 saturated carbocycles. The highest BCUT2D eigenvalue weighted by atomic mass is 35.5. The number of rotatable bonds is 5. The van der Waals surface area contributed by atoms with Crippen LogP contribution in [0.4, 0.5) is 30.6 Å². The third-order valence-electron chi connectivity index (χ3n) is 3.91. The fourth-order valence-electron chi connectivity index (χ4n) is 2.53. The number of amides is 2. The third-order valence-corrected chi connectivity index (χ3v) is 4.20. The van der Waals surface area contributed by atoms with Crippen molar-refractivity contribution in [3.63, 3.8) is 0 Å². The van der Waals surface area contributed by atoms with Crippen LogP contribution in [0.25, 0.3) is 11.3 Å². The third kappa shape index (κ3) is 4.46. The summed E-state index contributed by atoms with van der Waals surface area (Å²) < 4.78 is 27.6. The Bertz CT molecular complexity index is 1090. The van der Waals surface area contributed by atoms with Crippen LogP contribution < -0.4 is 16.0 Å². The van der Waals surface area contributed by atoms with Gasteiger partial charge in [-0.2, -0.15) is 0 Å². The number of halogens is 3. The molecule has 10 heteroatoms. The topological polar surface area (TPSA) is 103 Å². The number of aromatic nitrogens is 2. The van der Waals surface area contributed by atoms with Crippen LogP contribution in [0.15, 0.2) is 42.7 Å². The van der Waals surface area contributed by atoms with Gasteiger partial charge in [-0.15, -0.1) is 0 Å². The second kappa shape index (κ2) is 8.61. The van der Waals surface area contributed by atoms with Gasteiger partial charge in [-0.3, -0.25) is 9.97 Å². The smallest absolute Gasteiger partial charge is 0.319 e. The lowest BCUT2D eigenvalue weighted by atomic mass is 10.1. The summed E-state index contributed by atoms with van der Waals surface area (Å²) in [6.07, 6.45) is 3.92. The van der Waals surface area contributed by atoms with Crippen LogP contribution in [0, 0.1) is 17.0 Å². The van der Waals surface area contributed by atoms with Gasteiger partial charge in [0.15, 0.2) is 0 Å². The summed E-state index contributed by atoms with van der Waals surface area (Å²) in [5.74, 6) is -1.66. The second-order valence-corrected chi connectivity index (χ2v) is 6.18. The molecule has 2 heterocycles. The van der Waals surface area contributed by atoms with Crippen LogP contribution >= 0.6 is 11.6 Å². The molecule has 0 spiro atoms. The van der Waals surface area contributed by atoms with Gasteiger partial charge in [0.25, 0.3) is 0 Å². The number of benzene rings is 1. The number of anilines is 3. The molecule has 3 rings (SSSR count). The minimum Gasteiger partial charge on any atom is -0.354 e. The number of hydrogen-bond acceptors (Lipinski definition) is 5. The van der Waals surface area contributed by atoms with E-state index in [1.165, 1.54) is 19.4 Å². The highest BCUT2D eigenvalue weighted by molar-refractivity contribution is 6.31. The van der Waals surface area contributed by atoms with Gasteiger partial charge in [0.2, 0.25) is 0 Å². The van der Waals surface area contributed by atoms with Crippen molar-refractivity contribution in [3.8, 4) is 11.3 Å². The summed E-state index contributed by atoms with van der Waals surface area (Å²) in [5, 5.41) is 15.4. The minimum atomic E-state index is -0.858. The molecule has 0 bridgehead atoms. The molecular formula is C19H15ClF2N6O. The van der Waals surface area contributed by atoms with E-state index in [0.717, 1.165) is 12.3 Å². The van der Waals surface area contributed by atoms with Gasteiger partial charge >= 0.3 is 6.03 Å². The fraction of sp³-hybridized carbons (Fsp3) is 0.0526. The largest absolute Gasteiger partial charge is 0.354 e. The van der Waals surface area contributed by atoms with Crippen LogP contribution in [0.5, 0.6) is 0 Å². The number of pyridine rings is 2. The maximum atomic E-state index is 14.2. The van der Waals surface area contributed by atoms with E-state index in [-0.39, 0.29) is 27.7 Å². The monoisotopic (exact) mass is 416 g/mol. The first-order valence-electron chi connectivity index (χ1n) is 8.29. The molecule has 2 amide bonds. The van der Waals surface area contributed by atoms with E-state index in [0.29, 0.717) is 17.4 Å². The number of carbonyl (C=O) groups excluding carboxylic acids is 1. The predicted molar refractivity (Wildman–Crippen MR) is 108 cm³/mol. The summed E-state index contributed by atoms with van der Waals surface area (Å²) in [6, 6.07) is 6.15. The lowest BCUT2D eigenvalue weighted by Gasteiger charge is -2.15. The molecule has 0 unspecified atom stereocenters. The average molecular weight is 417 g/mol. The van der Waals surface area contributed by atoms with Gasteiger partial charge in [0.1, 0.15) is 17.3 Å². The SMILES string of the molecule is CNC(=O)Nc1c(Nc2ccnc(-c3cc(Cl)c(F)cc3F)c2)ccnc1C=N. The second-order valence-electron chi connectivity index (χ2n) is 5.77. The predicted octanol–water partition coefficient (Wildman–Crippen LogP) is 4.57. The quantitative estimate of drug-likeness (QED) is 0.361. The van der Waals surface area contributed by atoms with E-state index in [2.05, 4.69) is 25.9 Å². The molecule has 0 radical (unpaired) electrons. The Morgan fingerprint density at radius 1 is 1.14 bits per heavy atom.